The number of rotatable bonds is 15. The monoisotopic (exact) mass is 1700 g/mol. The molecule has 6 aromatic heterocycles. The van der Waals surface area contributed by atoms with Crippen molar-refractivity contribution in [3.63, 3.8) is 0 Å². The van der Waals surface area contributed by atoms with Gasteiger partial charge in [0.05, 0.1) is 17.1 Å². The first-order valence-corrected chi connectivity index (χ1v) is 45.7. The van der Waals surface area contributed by atoms with Crippen molar-refractivity contribution in [2.24, 2.45) is 0 Å². The topological polar surface area (TPSA) is 77.3 Å². The summed E-state index contributed by atoms with van der Waals surface area (Å²) >= 11 is 5.19. The highest BCUT2D eigenvalue weighted by Gasteiger charge is 2.23. The van der Waals surface area contributed by atoms with E-state index in [1.165, 1.54) is 125 Å². The molecule has 18 aromatic carbocycles. The zero-order valence-electron chi connectivity index (χ0n) is 69.9. The molecule has 606 valence electrons. The van der Waals surface area contributed by atoms with Crippen LogP contribution >= 0.6 is 34.0 Å². The van der Waals surface area contributed by atoms with Gasteiger partial charge in [-0.15, -0.1) is 34.0 Å². The lowest BCUT2D eigenvalue weighted by Gasteiger charge is -2.11. The van der Waals surface area contributed by atoms with Crippen molar-refractivity contribution in [1.82, 2.24) is 29.9 Å². The molecule has 0 saturated heterocycles. The molecule has 0 aliphatic carbocycles. The maximum Gasteiger partial charge on any atom is 0.161 e. The maximum atomic E-state index is 5.28. The van der Waals surface area contributed by atoms with Gasteiger partial charge in [0.15, 0.2) is 17.5 Å². The second-order valence-electron chi connectivity index (χ2n) is 31.9. The van der Waals surface area contributed by atoms with Crippen molar-refractivity contribution in [2.75, 3.05) is 0 Å². The van der Waals surface area contributed by atoms with Gasteiger partial charge in [0, 0.05) is 79.8 Å². The fourth-order valence-corrected chi connectivity index (χ4v) is 20.5. The lowest BCUT2D eigenvalue weighted by Crippen LogP contribution is -1.94. The van der Waals surface area contributed by atoms with E-state index in [0.717, 1.165) is 104 Å². The second kappa shape index (κ2) is 35.5. The van der Waals surface area contributed by atoms with Gasteiger partial charge in [-0.2, -0.15) is 0 Å². The zero-order valence-corrected chi connectivity index (χ0v) is 72.4. The molecule has 24 aromatic rings. The van der Waals surface area contributed by atoms with Gasteiger partial charge in [0.2, 0.25) is 0 Å². The molecule has 129 heavy (non-hydrogen) atoms. The van der Waals surface area contributed by atoms with Crippen LogP contribution in [-0.4, -0.2) is 29.9 Å². The highest BCUT2D eigenvalue weighted by molar-refractivity contribution is 7.26. The first-order chi connectivity index (χ1) is 63.9. The highest BCUT2D eigenvalue weighted by atomic mass is 32.1. The van der Waals surface area contributed by atoms with Crippen LogP contribution in [0, 0.1) is 0 Å². The van der Waals surface area contributed by atoms with Crippen molar-refractivity contribution in [2.45, 2.75) is 0 Å². The molecule has 24 rings (SSSR count). The predicted octanol–water partition coefficient (Wildman–Crippen LogP) is 33.5. The Morgan fingerprint density at radius 2 is 0.295 bits per heavy atom. The third-order valence-corrected chi connectivity index (χ3v) is 27.0. The van der Waals surface area contributed by atoms with Gasteiger partial charge in [-0.05, 0) is 149 Å². The Morgan fingerprint density at radius 1 is 0.124 bits per heavy atom. The number of hydrogen-bond acceptors (Lipinski definition) is 9. The Kier molecular flexibility index (Phi) is 21.7. The van der Waals surface area contributed by atoms with E-state index in [0.29, 0.717) is 0 Å². The van der Waals surface area contributed by atoms with Gasteiger partial charge in [0.25, 0.3) is 0 Å². The van der Waals surface area contributed by atoms with Crippen molar-refractivity contribution in [1.29, 1.82) is 0 Å². The number of hydrogen-bond donors (Lipinski definition) is 0. The lowest BCUT2D eigenvalue weighted by atomic mass is 9.98. The molecule has 0 unspecified atom stereocenters. The lowest BCUT2D eigenvalue weighted by molar-refractivity contribution is 1.24. The minimum atomic E-state index is 0.738. The molecule has 0 aliphatic heterocycles. The summed E-state index contributed by atoms with van der Waals surface area (Å²) in [5.74, 6) is 2.22. The number of thiophene rings is 3. The molecule has 0 radical (unpaired) electrons. The highest BCUT2D eigenvalue weighted by Crippen LogP contribution is 2.46. The van der Waals surface area contributed by atoms with E-state index in [-0.39, 0.29) is 0 Å². The van der Waals surface area contributed by atoms with E-state index in [2.05, 4.69) is 461 Å². The van der Waals surface area contributed by atoms with Crippen LogP contribution in [0.3, 0.4) is 0 Å². The normalized spacial score (nSPS) is 11.3. The van der Waals surface area contributed by atoms with E-state index in [9.17, 15) is 0 Å². The minimum absolute atomic E-state index is 0.738. The van der Waals surface area contributed by atoms with Crippen molar-refractivity contribution < 1.29 is 0 Å². The van der Waals surface area contributed by atoms with Gasteiger partial charge >= 0.3 is 0 Å². The largest absolute Gasteiger partial charge is 0.227 e. The fourth-order valence-electron chi connectivity index (χ4n) is 17.3. The first kappa shape index (κ1) is 78.8. The second-order valence-corrected chi connectivity index (χ2v) is 35.0. The molecule has 6 heterocycles. The van der Waals surface area contributed by atoms with E-state index < -0.39 is 0 Å². The molecule has 0 bridgehead atoms. The van der Waals surface area contributed by atoms with Crippen molar-refractivity contribution in [3.8, 4) is 168 Å². The summed E-state index contributed by atoms with van der Waals surface area (Å²) in [7, 11) is 0. The molecule has 0 spiro atoms. The van der Waals surface area contributed by atoms with E-state index >= 15 is 0 Å². The number of fused-ring (bicyclic) bond motifs is 9. The molecule has 0 amide bonds. The van der Waals surface area contributed by atoms with Crippen LogP contribution in [0.15, 0.2) is 473 Å². The molecular weight excluding hydrogens is 1620 g/mol. The summed E-state index contributed by atoms with van der Waals surface area (Å²) < 4.78 is 3.66. The third kappa shape index (κ3) is 16.4. The number of benzene rings is 18. The molecule has 0 fully saturated rings. The molecule has 0 aliphatic rings. The molecule has 9 heteroatoms. The van der Waals surface area contributed by atoms with Gasteiger partial charge in [-0.1, -0.05) is 425 Å². The van der Waals surface area contributed by atoms with Crippen LogP contribution in [0.2, 0.25) is 0 Å². The first-order valence-electron chi connectivity index (χ1n) is 43.2. The van der Waals surface area contributed by atoms with Crippen LogP contribution in [0.4, 0.5) is 0 Å². The van der Waals surface area contributed by atoms with Gasteiger partial charge in [-0.3, -0.25) is 0 Å². The van der Waals surface area contributed by atoms with Gasteiger partial charge < -0.3 is 0 Å². The third-order valence-electron chi connectivity index (χ3n) is 23.8. The molecule has 0 N–H and O–H groups in total. The maximum absolute atomic E-state index is 5.28. The van der Waals surface area contributed by atoms with Crippen LogP contribution < -0.4 is 0 Å². The average molecular weight is 1700 g/mol. The predicted molar refractivity (Wildman–Crippen MR) is 546 cm³/mol. The van der Waals surface area contributed by atoms with Gasteiger partial charge in [0.1, 0.15) is 14.5 Å². The Balaban J connectivity index is 0.000000114. The smallest absolute Gasteiger partial charge is 0.161 e. The minimum Gasteiger partial charge on any atom is -0.227 e. The van der Waals surface area contributed by atoms with Crippen LogP contribution in [-0.2, 0) is 0 Å². The number of aromatic nitrogens is 6. The Morgan fingerprint density at radius 3 is 0.558 bits per heavy atom. The molecular formula is C120H78N6S3. The van der Waals surface area contributed by atoms with E-state index in [1.54, 1.807) is 34.0 Å². The van der Waals surface area contributed by atoms with E-state index in [4.69, 9.17) is 29.9 Å². The Hall–Kier alpha value is -16.1. The summed E-state index contributed by atoms with van der Waals surface area (Å²) in [4.78, 5) is 34.2. The molecule has 0 atom stereocenters. The van der Waals surface area contributed by atoms with Gasteiger partial charge in [-0.25, -0.2) is 29.9 Å². The van der Waals surface area contributed by atoms with Crippen LogP contribution in [0.1, 0.15) is 0 Å². The summed E-state index contributed by atoms with van der Waals surface area (Å²) in [6, 6.07) is 167. The van der Waals surface area contributed by atoms with Crippen molar-refractivity contribution in [3.05, 3.63) is 473 Å². The summed E-state index contributed by atoms with van der Waals surface area (Å²) in [6.07, 6.45) is 0. The summed E-state index contributed by atoms with van der Waals surface area (Å²) in [6.45, 7) is 0. The molecule has 0 saturated carbocycles. The Bertz CT molecular complexity index is 8170. The van der Waals surface area contributed by atoms with Crippen LogP contribution in [0.5, 0.6) is 0 Å². The van der Waals surface area contributed by atoms with Crippen molar-refractivity contribution >= 4 is 94.9 Å². The fraction of sp³-hybridized carbons (Fsp3) is 0. The number of nitrogens with zero attached hydrogens (tertiary/aromatic N) is 6. The molecule has 6 nitrogen and oxygen atoms in total. The standard InChI is InChI=1S/3C40H26N2S/c1-3-11-27(12-4-1)29-21-23-30(24-22-29)32-16-10-18-34(26-32)39-41-38(37-35-19-7-8-20-36(35)43-40(37)42-39)33-17-9-15-31(25-33)28-13-5-2-6-14-28;1-3-11-27(12-4-1)31-15-9-16-32(25-31)29-21-23-30(24-22-29)39-41-38(37-35-19-7-8-20-36(35)43-40(37)42-39)34-18-10-17-33(26-34)28-13-5-2-6-14-28;1-3-10-27(11-4-1)29-18-20-30(21-19-29)31-22-24-32(25-23-31)39-41-38(37-35-16-7-8-17-36(35)43-40(37)42-39)34-15-9-14-33(26-34)28-12-5-2-6-13-28/h3*1-26H. The SMILES string of the molecule is c1ccc(-c2ccc(-c3ccc(-c4nc(-c5cccc(-c6ccccc6)c5)c5c(n4)sc4ccccc45)cc3)cc2)cc1.c1ccc(-c2ccc(-c3cccc(-c4nc(-c5cccc(-c6ccccc6)c5)c5c(n4)sc4ccccc45)c3)cc2)cc1.c1ccc(-c2cccc(-c3ccc(-c4nc(-c5cccc(-c6ccccc6)c5)c5c(n4)sc4ccccc45)cc3)c2)cc1. The van der Waals surface area contributed by atoms with Crippen LogP contribution in [0.25, 0.3) is 229 Å². The summed E-state index contributed by atoms with van der Waals surface area (Å²) in [5.41, 5.74) is 30.6. The quantitative estimate of drug-likeness (QED) is 0.102. The zero-order chi connectivity index (χ0) is 85.8. The average Bonchev–Trinajstić information content (AvgIpc) is 1.63. The Labute approximate surface area is 760 Å². The summed E-state index contributed by atoms with van der Waals surface area (Å²) in [5, 5.41) is 6.93. The van der Waals surface area contributed by atoms with E-state index in [1.807, 2.05) is 12.1 Å².